The first-order valence-corrected chi connectivity index (χ1v) is 6.08. The third-order valence-corrected chi connectivity index (χ3v) is 2.79. The lowest BCUT2D eigenvalue weighted by molar-refractivity contribution is 0.0761. The van der Waals surface area contributed by atoms with Crippen LogP contribution in [0.5, 0.6) is 0 Å². The van der Waals surface area contributed by atoms with E-state index in [-0.39, 0.29) is 16.6 Å². The number of carbonyl (C=O) groups is 1. The SMILES string of the molecule is CCCCN(CC)C(=O)c1cc(F)cnc1Cl. The molecule has 0 unspecified atom stereocenters. The van der Waals surface area contributed by atoms with Crippen molar-refractivity contribution in [3.8, 4) is 0 Å². The zero-order valence-electron chi connectivity index (χ0n) is 10.0. The molecule has 0 bridgehead atoms. The molecular weight excluding hydrogens is 243 g/mol. The molecule has 0 radical (unpaired) electrons. The fraction of sp³-hybridized carbons (Fsp3) is 0.500. The van der Waals surface area contributed by atoms with Crippen LogP contribution in [0.15, 0.2) is 12.3 Å². The summed E-state index contributed by atoms with van der Waals surface area (Å²) in [4.78, 5) is 17.4. The minimum absolute atomic E-state index is 0.0475. The lowest BCUT2D eigenvalue weighted by atomic mass is 10.2. The van der Waals surface area contributed by atoms with Crippen molar-refractivity contribution in [2.45, 2.75) is 26.7 Å². The summed E-state index contributed by atoms with van der Waals surface area (Å²) in [6.07, 6.45) is 2.92. The van der Waals surface area contributed by atoms with Crippen molar-refractivity contribution in [1.82, 2.24) is 9.88 Å². The van der Waals surface area contributed by atoms with Gasteiger partial charge < -0.3 is 4.90 Å². The van der Waals surface area contributed by atoms with Gasteiger partial charge in [0.15, 0.2) is 0 Å². The highest BCUT2D eigenvalue weighted by Crippen LogP contribution is 2.16. The average Bonchev–Trinajstić information content (AvgIpc) is 2.33. The Morgan fingerprint density at radius 3 is 2.82 bits per heavy atom. The quantitative estimate of drug-likeness (QED) is 0.760. The van der Waals surface area contributed by atoms with Crippen LogP contribution in [0.25, 0.3) is 0 Å². The molecule has 1 rings (SSSR count). The van der Waals surface area contributed by atoms with E-state index in [1.165, 1.54) is 0 Å². The molecule has 0 saturated carbocycles. The van der Waals surface area contributed by atoms with Gasteiger partial charge in [-0.15, -0.1) is 0 Å². The summed E-state index contributed by atoms with van der Waals surface area (Å²) in [5.41, 5.74) is 0.129. The Kier molecular flexibility index (Phi) is 5.35. The lowest BCUT2D eigenvalue weighted by Gasteiger charge is -2.20. The lowest BCUT2D eigenvalue weighted by Crippen LogP contribution is -2.32. The van der Waals surface area contributed by atoms with Gasteiger partial charge in [-0.2, -0.15) is 0 Å². The molecule has 94 valence electrons. The molecule has 0 atom stereocenters. The number of hydrogen-bond donors (Lipinski definition) is 0. The fourth-order valence-corrected chi connectivity index (χ4v) is 1.68. The summed E-state index contributed by atoms with van der Waals surface area (Å²) in [5.74, 6) is -0.817. The Bertz CT molecular complexity index is 398. The van der Waals surface area contributed by atoms with Gasteiger partial charge in [0.25, 0.3) is 5.91 Å². The van der Waals surface area contributed by atoms with Crippen LogP contribution in [0.4, 0.5) is 4.39 Å². The third-order valence-electron chi connectivity index (χ3n) is 2.49. The largest absolute Gasteiger partial charge is 0.339 e. The number of amides is 1. The standard InChI is InChI=1S/C12H16ClFN2O/c1-3-5-6-16(4-2)12(17)10-7-9(14)8-15-11(10)13/h7-8H,3-6H2,1-2H3. The van der Waals surface area contributed by atoms with E-state index < -0.39 is 5.82 Å². The molecule has 1 amide bonds. The normalized spacial score (nSPS) is 10.4. The Labute approximate surface area is 106 Å². The van der Waals surface area contributed by atoms with Gasteiger partial charge in [0.05, 0.1) is 11.8 Å². The molecule has 0 saturated heterocycles. The van der Waals surface area contributed by atoms with Gasteiger partial charge in [-0.1, -0.05) is 24.9 Å². The summed E-state index contributed by atoms with van der Waals surface area (Å²) < 4.78 is 13.0. The molecule has 1 heterocycles. The van der Waals surface area contributed by atoms with Crippen LogP contribution in [-0.2, 0) is 0 Å². The smallest absolute Gasteiger partial charge is 0.257 e. The highest BCUT2D eigenvalue weighted by Gasteiger charge is 2.18. The first-order valence-electron chi connectivity index (χ1n) is 5.70. The maximum absolute atomic E-state index is 13.0. The number of hydrogen-bond acceptors (Lipinski definition) is 2. The summed E-state index contributed by atoms with van der Waals surface area (Å²) in [5, 5.41) is 0.0475. The van der Waals surface area contributed by atoms with Crippen LogP contribution in [0.3, 0.4) is 0 Å². The topological polar surface area (TPSA) is 33.2 Å². The van der Waals surface area contributed by atoms with Crippen molar-refractivity contribution in [2.75, 3.05) is 13.1 Å². The molecular formula is C12H16ClFN2O. The van der Waals surface area contributed by atoms with Crippen molar-refractivity contribution in [3.05, 3.63) is 28.8 Å². The van der Waals surface area contributed by atoms with Crippen molar-refractivity contribution in [1.29, 1.82) is 0 Å². The Balaban J connectivity index is 2.89. The second kappa shape index (κ2) is 6.55. The van der Waals surface area contributed by atoms with Gasteiger partial charge in [0, 0.05) is 13.1 Å². The van der Waals surface area contributed by atoms with E-state index in [0.717, 1.165) is 25.1 Å². The molecule has 0 aliphatic carbocycles. The van der Waals surface area contributed by atoms with Gasteiger partial charge >= 0.3 is 0 Å². The maximum atomic E-state index is 13.0. The number of unbranched alkanes of at least 4 members (excludes halogenated alkanes) is 1. The van der Waals surface area contributed by atoms with Gasteiger partial charge in [-0.05, 0) is 19.4 Å². The monoisotopic (exact) mass is 258 g/mol. The predicted molar refractivity (Wildman–Crippen MR) is 65.7 cm³/mol. The van der Waals surface area contributed by atoms with Crippen LogP contribution < -0.4 is 0 Å². The van der Waals surface area contributed by atoms with Crippen LogP contribution >= 0.6 is 11.6 Å². The number of aromatic nitrogens is 1. The zero-order chi connectivity index (χ0) is 12.8. The van der Waals surface area contributed by atoms with Crippen molar-refractivity contribution < 1.29 is 9.18 Å². The van der Waals surface area contributed by atoms with E-state index >= 15 is 0 Å². The van der Waals surface area contributed by atoms with E-state index in [2.05, 4.69) is 11.9 Å². The molecule has 0 aliphatic heterocycles. The minimum atomic E-state index is -0.552. The van der Waals surface area contributed by atoms with Gasteiger partial charge in [0.2, 0.25) is 0 Å². The molecule has 0 aliphatic rings. The molecule has 0 spiro atoms. The van der Waals surface area contributed by atoms with Crippen LogP contribution in [-0.4, -0.2) is 28.9 Å². The van der Waals surface area contributed by atoms with Crippen LogP contribution in [0.1, 0.15) is 37.0 Å². The van der Waals surface area contributed by atoms with E-state index in [1.807, 2.05) is 6.92 Å². The summed E-state index contributed by atoms with van der Waals surface area (Å²) in [6.45, 7) is 5.16. The van der Waals surface area contributed by atoms with Crippen molar-refractivity contribution in [3.63, 3.8) is 0 Å². The average molecular weight is 259 g/mol. The van der Waals surface area contributed by atoms with E-state index in [4.69, 9.17) is 11.6 Å². The molecule has 17 heavy (non-hydrogen) atoms. The van der Waals surface area contributed by atoms with E-state index in [9.17, 15) is 9.18 Å². The minimum Gasteiger partial charge on any atom is -0.339 e. The molecule has 0 aromatic carbocycles. The number of nitrogens with zero attached hydrogens (tertiary/aromatic N) is 2. The number of halogens is 2. The first kappa shape index (κ1) is 13.9. The molecule has 0 N–H and O–H groups in total. The third kappa shape index (κ3) is 3.66. The molecule has 5 heteroatoms. The zero-order valence-corrected chi connectivity index (χ0v) is 10.8. The van der Waals surface area contributed by atoms with E-state index in [1.54, 1.807) is 4.90 Å². The van der Waals surface area contributed by atoms with Crippen molar-refractivity contribution in [2.24, 2.45) is 0 Å². The second-order valence-electron chi connectivity index (χ2n) is 3.73. The van der Waals surface area contributed by atoms with Crippen LogP contribution in [0.2, 0.25) is 5.15 Å². The highest BCUT2D eigenvalue weighted by molar-refractivity contribution is 6.32. The van der Waals surface area contributed by atoms with Crippen LogP contribution in [0, 0.1) is 5.82 Å². The summed E-state index contributed by atoms with van der Waals surface area (Å²) in [6, 6.07) is 1.13. The molecule has 3 nitrogen and oxygen atoms in total. The van der Waals surface area contributed by atoms with Gasteiger partial charge in [-0.25, -0.2) is 9.37 Å². The number of carbonyl (C=O) groups excluding carboxylic acids is 1. The Hall–Kier alpha value is -1.16. The summed E-state index contributed by atoms with van der Waals surface area (Å²) in [7, 11) is 0. The molecule has 1 aromatic heterocycles. The summed E-state index contributed by atoms with van der Waals surface area (Å²) >= 11 is 5.80. The van der Waals surface area contributed by atoms with Crippen molar-refractivity contribution >= 4 is 17.5 Å². The van der Waals surface area contributed by atoms with Gasteiger partial charge in [0.1, 0.15) is 11.0 Å². The fourth-order valence-electron chi connectivity index (χ4n) is 1.50. The first-order chi connectivity index (χ1) is 8.10. The number of rotatable bonds is 5. The maximum Gasteiger partial charge on any atom is 0.257 e. The van der Waals surface area contributed by atoms with E-state index in [0.29, 0.717) is 13.1 Å². The second-order valence-corrected chi connectivity index (χ2v) is 4.09. The molecule has 1 aromatic rings. The Morgan fingerprint density at radius 1 is 1.53 bits per heavy atom. The van der Waals surface area contributed by atoms with Gasteiger partial charge in [-0.3, -0.25) is 4.79 Å². The Morgan fingerprint density at radius 2 is 2.24 bits per heavy atom. The molecule has 0 fully saturated rings. The predicted octanol–water partition coefficient (Wildman–Crippen LogP) is 3.14. The highest BCUT2D eigenvalue weighted by atomic mass is 35.5. The number of pyridine rings is 1.